The molecule has 2 nitrogen and oxygen atoms in total. The number of hydrogen-bond acceptors (Lipinski definition) is 2. The molecule has 222 valence electrons. The van der Waals surface area contributed by atoms with Crippen molar-refractivity contribution in [2.45, 2.75) is 12.8 Å². The highest BCUT2D eigenvalue weighted by atomic mass is 15.1. The number of anilines is 5. The molecule has 2 atom stereocenters. The van der Waals surface area contributed by atoms with Crippen molar-refractivity contribution in [1.29, 1.82) is 0 Å². The third-order valence-corrected chi connectivity index (χ3v) is 9.21. The second kappa shape index (κ2) is 12.4. The Balaban J connectivity index is 1.10. The van der Waals surface area contributed by atoms with Crippen molar-refractivity contribution in [3.8, 4) is 11.1 Å². The minimum atomic E-state index is 0.377. The Labute approximate surface area is 272 Å². The molecule has 2 unspecified atom stereocenters. The minimum absolute atomic E-state index is 0.377. The summed E-state index contributed by atoms with van der Waals surface area (Å²) >= 11 is 0. The predicted molar refractivity (Wildman–Crippen MR) is 195 cm³/mol. The largest absolute Gasteiger partial charge is 0.311 e. The van der Waals surface area contributed by atoms with E-state index in [1.165, 1.54) is 33.6 Å². The summed E-state index contributed by atoms with van der Waals surface area (Å²) in [5.74, 6) is 0.807. The number of fused-ring (bicyclic) bond motifs is 2. The first kappa shape index (κ1) is 27.9. The summed E-state index contributed by atoms with van der Waals surface area (Å²) in [7, 11) is 0. The van der Waals surface area contributed by atoms with Gasteiger partial charge < -0.3 is 9.80 Å². The number of aryl methyl sites for hydroxylation is 1. The van der Waals surface area contributed by atoms with Crippen LogP contribution in [0.25, 0.3) is 17.2 Å². The van der Waals surface area contributed by atoms with Gasteiger partial charge in [0.05, 0.1) is 0 Å². The highest BCUT2D eigenvalue weighted by molar-refractivity contribution is 5.80. The van der Waals surface area contributed by atoms with Crippen molar-refractivity contribution in [1.82, 2.24) is 0 Å². The number of allylic oxidation sites excluding steroid dienone is 8. The second-order valence-electron chi connectivity index (χ2n) is 12.1. The summed E-state index contributed by atoms with van der Waals surface area (Å²) in [5, 5.41) is 0. The van der Waals surface area contributed by atoms with Crippen molar-refractivity contribution >= 4 is 34.5 Å². The summed E-state index contributed by atoms with van der Waals surface area (Å²) < 4.78 is 0. The lowest BCUT2D eigenvalue weighted by atomic mass is 9.84. The van der Waals surface area contributed by atoms with Crippen LogP contribution in [-0.4, -0.2) is 0 Å². The maximum Gasteiger partial charge on any atom is 0.0464 e. The molecule has 8 rings (SSSR count). The summed E-state index contributed by atoms with van der Waals surface area (Å²) in [4.78, 5) is 4.72. The van der Waals surface area contributed by atoms with Gasteiger partial charge >= 0.3 is 0 Å². The van der Waals surface area contributed by atoms with Crippen LogP contribution in [0.1, 0.15) is 17.5 Å². The Morgan fingerprint density at radius 3 is 1.72 bits per heavy atom. The molecule has 0 N–H and O–H groups in total. The fourth-order valence-electron chi connectivity index (χ4n) is 6.83. The first-order valence-electron chi connectivity index (χ1n) is 16.3. The van der Waals surface area contributed by atoms with E-state index >= 15 is 0 Å². The topological polar surface area (TPSA) is 6.48 Å². The van der Waals surface area contributed by atoms with Gasteiger partial charge in [0.25, 0.3) is 0 Å². The SMILES string of the molecule is C1=CC2C=CC(N(c3ccccc3)c3ccc(-c4ccc(N(c5ccccc5)c5ccc6c(c5)CCC=C6)cc4)cc3)=CC2C=C1. The fraction of sp³-hybridized carbons (Fsp3) is 0.0909. The van der Waals surface area contributed by atoms with Gasteiger partial charge in [-0.25, -0.2) is 0 Å². The molecule has 3 aliphatic carbocycles. The third-order valence-electron chi connectivity index (χ3n) is 9.21. The molecule has 0 saturated carbocycles. The Morgan fingerprint density at radius 2 is 1.04 bits per heavy atom. The molecule has 0 radical (unpaired) electrons. The molecule has 0 aromatic heterocycles. The van der Waals surface area contributed by atoms with Crippen LogP contribution in [0.15, 0.2) is 182 Å². The van der Waals surface area contributed by atoms with Crippen molar-refractivity contribution in [2.24, 2.45) is 11.8 Å². The van der Waals surface area contributed by atoms with E-state index in [0.717, 1.165) is 35.6 Å². The van der Waals surface area contributed by atoms with Crippen molar-refractivity contribution in [2.75, 3.05) is 9.80 Å². The Hall–Kier alpha value is -5.60. The molecular weight excluding hydrogens is 556 g/mol. The lowest BCUT2D eigenvalue weighted by Gasteiger charge is -2.31. The van der Waals surface area contributed by atoms with E-state index in [-0.39, 0.29) is 0 Å². The molecule has 5 aromatic carbocycles. The molecule has 0 bridgehead atoms. The van der Waals surface area contributed by atoms with E-state index in [1.807, 2.05) is 0 Å². The van der Waals surface area contributed by atoms with E-state index in [2.05, 4.69) is 192 Å². The fourth-order valence-corrected chi connectivity index (χ4v) is 6.83. The maximum atomic E-state index is 2.39. The second-order valence-corrected chi connectivity index (χ2v) is 12.1. The zero-order valence-electron chi connectivity index (χ0n) is 25.8. The van der Waals surface area contributed by atoms with Crippen LogP contribution in [0.2, 0.25) is 0 Å². The number of hydrogen-bond donors (Lipinski definition) is 0. The van der Waals surface area contributed by atoms with Gasteiger partial charge in [-0.2, -0.15) is 0 Å². The van der Waals surface area contributed by atoms with Gasteiger partial charge in [-0.15, -0.1) is 0 Å². The minimum Gasteiger partial charge on any atom is -0.311 e. The average Bonchev–Trinajstić information content (AvgIpc) is 3.13. The van der Waals surface area contributed by atoms with E-state index in [1.54, 1.807) is 0 Å². The van der Waals surface area contributed by atoms with Gasteiger partial charge in [-0.3, -0.25) is 0 Å². The number of benzene rings is 5. The van der Waals surface area contributed by atoms with E-state index in [0.29, 0.717) is 11.8 Å². The molecule has 5 aromatic rings. The lowest BCUT2D eigenvalue weighted by Crippen LogP contribution is -2.21. The highest BCUT2D eigenvalue weighted by Crippen LogP contribution is 2.39. The van der Waals surface area contributed by atoms with Gasteiger partial charge in [0.15, 0.2) is 0 Å². The predicted octanol–water partition coefficient (Wildman–Crippen LogP) is 11.7. The van der Waals surface area contributed by atoms with Gasteiger partial charge in [-0.1, -0.05) is 115 Å². The molecule has 3 aliphatic rings. The number of nitrogens with zero attached hydrogens (tertiary/aromatic N) is 2. The monoisotopic (exact) mass is 592 g/mol. The van der Waals surface area contributed by atoms with Crippen LogP contribution in [0, 0.1) is 11.8 Å². The first-order valence-corrected chi connectivity index (χ1v) is 16.3. The van der Waals surface area contributed by atoms with E-state index < -0.39 is 0 Å². The Morgan fingerprint density at radius 1 is 0.478 bits per heavy atom. The van der Waals surface area contributed by atoms with Gasteiger partial charge in [0, 0.05) is 46.0 Å². The molecular formula is C44H36N2. The summed E-state index contributed by atoms with van der Waals surface area (Å²) in [6.45, 7) is 0. The first-order chi connectivity index (χ1) is 22.8. The normalized spacial score (nSPS) is 17.6. The molecule has 2 heteroatoms. The van der Waals surface area contributed by atoms with Crippen molar-refractivity contribution in [3.05, 3.63) is 193 Å². The average molecular weight is 593 g/mol. The summed E-state index contributed by atoms with van der Waals surface area (Å²) in [6.07, 6.45) is 22.6. The Kier molecular flexibility index (Phi) is 7.54. The van der Waals surface area contributed by atoms with Crippen molar-refractivity contribution < 1.29 is 0 Å². The smallest absolute Gasteiger partial charge is 0.0464 e. The van der Waals surface area contributed by atoms with Crippen LogP contribution in [0.5, 0.6) is 0 Å². The summed E-state index contributed by atoms with van der Waals surface area (Å²) in [5.41, 5.74) is 12.1. The van der Waals surface area contributed by atoms with Crippen LogP contribution >= 0.6 is 0 Å². The number of rotatable bonds is 7. The highest BCUT2D eigenvalue weighted by Gasteiger charge is 2.22. The molecule has 0 saturated heterocycles. The van der Waals surface area contributed by atoms with Crippen molar-refractivity contribution in [3.63, 3.8) is 0 Å². The number of para-hydroxylation sites is 2. The zero-order chi connectivity index (χ0) is 30.7. The molecule has 0 spiro atoms. The lowest BCUT2D eigenvalue weighted by molar-refractivity contribution is 0.652. The standard InChI is InChI=1S/C44H36N2/c1-3-15-39(16-4-1)45(43-29-23-33-11-7-9-13-37(33)31-43)41-25-19-35(20-26-41)36-21-27-42(28-22-36)46(40-17-5-2-6-18-40)44-30-24-34-12-8-10-14-38(34)32-44/h1-9,11-13,15-33,37H,10,14H2. The Bertz CT molecular complexity index is 1980. The maximum absolute atomic E-state index is 2.39. The van der Waals surface area contributed by atoms with E-state index in [9.17, 15) is 0 Å². The van der Waals surface area contributed by atoms with Crippen LogP contribution < -0.4 is 9.80 Å². The molecule has 46 heavy (non-hydrogen) atoms. The quantitative estimate of drug-likeness (QED) is 0.185. The molecule has 0 amide bonds. The van der Waals surface area contributed by atoms with Crippen LogP contribution in [0.3, 0.4) is 0 Å². The van der Waals surface area contributed by atoms with Crippen LogP contribution in [0.4, 0.5) is 28.4 Å². The van der Waals surface area contributed by atoms with Gasteiger partial charge in [0.2, 0.25) is 0 Å². The zero-order valence-corrected chi connectivity index (χ0v) is 25.8. The molecule has 0 fully saturated rings. The third kappa shape index (κ3) is 5.55. The molecule has 0 heterocycles. The van der Waals surface area contributed by atoms with Gasteiger partial charge in [-0.05, 0) is 102 Å². The van der Waals surface area contributed by atoms with Crippen LogP contribution in [-0.2, 0) is 6.42 Å². The molecule has 0 aliphatic heterocycles. The summed E-state index contributed by atoms with van der Waals surface area (Å²) in [6, 6.07) is 46.1. The van der Waals surface area contributed by atoms with E-state index in [4.69, 9.17) is 0 Å². The van der Waals surface area contributed by atoms with Gasteiger partial charge in [0.1, 0.15) is 0 Å².